The third kappa shape index (κ3) is 5.62. The Morgan fingerprint density at radius 2 is 1.71 bits per heavy atom. The summed E-state index contributed by atoms with van der Waals surface area (Å²) in [4.78, 5) is 10.5. The summed E-state index contributed by atoms with van der Waals surface area (Å²) in [5.74, 6) is 0.243. The third-order valence-corrected chi connectivity index (χ3v) is 6.42. The van der Waals surface area contributed by atoms with Gasteiger partial charge in [0.1, 0.15) is 23.8 Å². The van der Waals surface area contributed by atoms with Gasteiger partial charge in [0.15, 0.2) is 0 Å². The standard InChI is InChI=1S/C31H31FN6/c1-20-9-5-6-13-26(20)38(4)22(3)27-21(2)10-7-11-23(27)12-8-18-35-31-28(30(34)36-19-37-31)29(33)24-14-16-25(32)17-15-24/h5-17,19,33H,3,18H2,1-2,4H3,(H3,34,35,36,37)/b12-8+,33-29?. The quantitative estimate of drug-likeness (QED) is 0.227. The fourth-order valence-electron chi connectivity index (χ4n) is 4.36. The number of nitrogens with one attached hydrogen (secondary N) is 2. The molecule has 0 saturated carbocycles. The minimum absolute atomic E-state index is 0.117. The van der Waals surface area contributed by atoms with Crippen molar-refractivity contribution in [2.75, 3.05) is 29.5 Å². The molecule has 3 aromatic carbocycles. The number of hydrogen-bond acceptors (Lipinski definition) is 6. The van der Waals surface area contributed by atoms with Gasteiger partial charge in [0.25, 0.3) is 0 Å². The lowest BCUT2D eigenvalue weighted by Gasteiger charge is -2.26. The molecule has 4 aromatic rings. The second-order valence-electron chi connectivity index (χ2n) is 8.98. The average Bonchev–Trinajstić information content (AvgIpc) is 2.91. The van der Waals surface area contributed by atoms with E-state index in [1.165, 1.54) is 36.2 Å². The van der Waals surface area contributed by atoms with Gasteiger partial charge < -0.3 is 16.0 Å². The van der Waals surface area contributed by atoms with Gasteiger partial charge in [-0.25, -0.2) is 14.4 Å². The zero-order valence-corrected chi connectivity index (χ0v) is 21.8. The number of anilines is 3. The molecule has 0 spiro atoms. The van der Waals surface area contributed by atoms with Crippen molar-refractivity contribution in [3.05, 3.63) is 125 Å². The minimum atomic E-state index is -0.370. The second kappa shape index (κ2) is 11.5. The third-order valence-electron chi connectivity index (χ3n) is 6.42. The van der Waals surface area contributed by atoms with E-state index < -0.39 is 0 Å². The van der Waals surface area contributed by atoms with Crippen LogP contribution < -0.4 is 16.0 Å². The molecule has 0 bridgehead atoms. The van der Waals surface area contributed by atoms with E-state index >= 15 is 0 Å². The summed E-state index contributed by atoms with van der Waals surface area (Å²) in [6.45, 7) is 9.02. The smallest absolute Gasteiger partial charge is 0.141 e. The highest BCUT2D eigenvalue weighted by molar-refractivity contribution is 6.16. The Bertz CT molecular complexity index is 1510. The number of benzene rings is 3. The molecule has 0 saturated heterocycles. The Hall–Kier alpha value is -4.78. The summed E-state index contributed by atoms with van der Waals surface area (Å²) < 4.78 is 13.4. The van der Waals surface area contributed by atoms with Gasteiger partial charge in [-0.3, -0.25) is 5.41 Å². The van der Waals surface area contributed by atoms with E-state index in [1.54, 1.807) is 0 Å². The van der Waals surface area contributed by atoms with Gasteiger partial charge in [-0.15, -0.1) is 0 Å². The lowest BCUT2D eigenvalue weighted by Crippen LogP contribution is -2.17. The summed E-state index contributed by atoms with van der Waals surface area (Å²) in [6.07, 6.45) is 5.39. The molecule has 6 nitrogen and oxygen atoms in total. The molecular formula is C31H31FN6. The van der Waals surface area contributed by atoms with Gasteiger partial charge in [-0.1, -0.05) is 55.1 Å². The molecule has 38 heavy (non-hydrogen) atoms. The number of halogens is 1. The Balaban J connectivity index is 1.54. The Morgan fingerprint density at radius 3 is 2.45 bits per heavy atom. The van der Waals surface area contributed by atoms with Crippen LogP contribution in [0.15, 0.2) is 85.7 Å². The molecule has 4 rings (SSSR count). The number of aromatic nitrogens is 2. The molecule has 0 radical (unpaired) electrons. The van der Waals surface area contributed by atoms with Crippen molar-refractivity contribution < 1.29 is 4.39 Å². The number of nitrogen functional groups attached to an aromatic ring is 1. The van der Waals surface area contributed by atoms with Crippen LogP contribution in [0.1, 0.15) is 33.4 Å². The Labute approximate surface area is 222 Å². The zero-order chi connectivity index (χ0) is 27.2. The molecule has 0 unspecified atom stereocenters. The number of para-hydroxylation sites is 1. The van der Waals surface area contributed by atoms with E-state index in [1.807, 2.05) is 37.4 Å². The monoisotopic (exact) mass is 506 g/mol. The Kier molecular flexibility index (Phi) is 7.97. The maximum Gasteiger partial charge on any atom is 0.141 e. The molecule has 1 aromatic heterocycles. The first-order valence-corrected chi connectivity index (χ1v) is 12.2. The molecular weight excluding hydrogens is 475 g/mol. The van der Waals surface area contributed by atoms with Crippen molar-refractivity contribution in [1.82, 2.24) is 9.97 Å². The predicted molar refractivity (Wildman–Crippen MR) is 156 cm³/mol. The topological polar surface area (TPSA) is 90.9 Å². The summed E-state index contributed by atoms with van der Waals surface area (Å²) >= 11 is 0. The molecule has 0 aliphatic heterocycles. The van der Waals surface area contributed by atoms with E-state index in [0.29, 0.717) is 23.5 Å². The molecule has 0 atom stereocenters. The highest BCUT2D eigenvalue weighted by Gasteiger charge is 2.17. The van der Waals surface area contributed by atoms with Crippen molar-refractivity contribution in [3.8, 4) is 0 Å². The molecule has 0 aliphatic rings. The summed E-state index contributed by atoms with van der Waals surface area (Å²) in [5.41, 5.74) is 13.5. The molecule has 4 N–H and O–H groups in total. The van der Waals surface area contributed by atoms with Crippen molar-refractivity contribution in [3.63, 3.8) is 0 Å². The van der Waals surface area contributed by atoms with Crippen molar-refractivity contribution in [1.29, 1.82) is 5.41 Å². The van der Waals surface area contributed by atoms with Crippen LogP contribution in [-0.4, -0.2) is 29.3 Å². The van der Waals surface area contributed by atoms with Crippen LogP contribution in [-0.2, 0) is 0 Å². The second-order valence-corrected chi connectivity index (χ2v) is 8.98. The van der Waals surface area contributed by atoms with Gasteiger partial charge in [-0.05, 0) is 60.9 Å². The maximum absolute atomic E-state index is 13.4. The van der Waals surface area contributed by atoms with Crippen LogP contribution in [0, 0.1) is 25.1 Å². The van der Waals surface area contributed by atoms with E-state index in [9.17, 15) is 4.39 Å². The van der Waals surface area contributed by atoms with Crippen molar-refractivity contribution in [2.45, 2.75) is 13.8 Å². The first-order chi connectivity index (χ1) is 18.3. The van der Waals surface area contributed by atoms with Gasteiger partial charge in [0.2, 0.25) is 0 Å². The largest absolute Gasteiger partial charge is 0.383 e. The van der Waals surface area contributed by atoms with Gasteiger partial charge in [-0.2, -0.15) is 0 Å². The van der Waals surface area contributed by atoms with Crippen LogP contribution in [0.25, 0.3) is 11.8 Å². The first kappa shape index (κ1) is 26.3. The molecule has 7 heteroatoms. The first-order valence-electron chi connectivity index (χ1n) is 12.2. The van der Waals surface area contributed by atoms with Crippen LogP contribution in [0.2, 0.25) is 0 Å². The molecule has 0 aliphatic carbocycles. The molecule has 192 valence electrons. The maximum atomic E-state index is 13.4. The van der Waals surface area contributed by atoms with Gasteiger partial charge in [0.05, 0.1) is 11.3 Å². The Morgan fingerprint density at radius 1 is 1.00 bits per heavy atom. The number of nitrogens with zero attached hydrogens (tertiary/aromatic N) is 3. The fraction of sp³-hybridized carbons (Fsp3) is 0.129. The molecule has 0 fully saturated rings. The predicted octanol–water partition coefficient (Wildman–Crippen LogP) is 6.46. The summed E-state index contributed by atoms with van der Waals surface area (Å²) in [7, 11) is 2.03. The highest BCUT2D eigenvalue weighted by Crippen LogP contribution is 2.30. The number of rotatable bonds is 9. The molecule has 1 heterocycles. The van der Waals surface area contributed by atoms with Crippen molar-refractivity contribution >= 4 is 34.8 Å². The van der Waals surface area contributed by atoms with Crippen LogP contribution in [0.3, 0.4) is 0 Å². The van der Waals surface area contributed by atoms with Crippen LogP contribution in [0.4, 0.5) is 21.7 Å². The van der Waals surface area contributed by atoms with E-state index in [4.69, 9.17) is 11.1 Å². The van der Waals surface area contributed by atoms with E-state index in [-0.39, 0.29) is 17.3 Å². The number of aryl methyl sites for hydroxylation is 2. The SMILES string of the molecule is C=C(c1c(C)cccc1/C=C/CNc1ncnc(N)c1C(=N)c1ccc(F)cc1)N(C)c1ccccc1C. The minimum Gasteiger partial charge on any atom is -0.383 e. The fourth-order valence-corrected chi connectivity index (χ4v) is 4.36. The van der Waals surface area contributed by atoms with E-state index in [2.05, 4.69) is 64.9 Å². The lowest BCUT2D eigenvalue weighted by atomic mass is 9.98. The lowest BCUT2D eigenvalue weighted by molar-refractivity contribution is 0.628. The average molecular weight is 507 g/mol. The summed E-state index contributed by atoms with van der Waals surface area (Å²) in [5, 5.41) is 11.8. The van der Waals surface area contributed by atoms with Crippen LogP contribution >= 0.6 is 0 Å². The zero-order valence-electron chi connectivity index (χ0n) is 21.8. The molecule has 0 amide bonds. The van der Waals surface area contributed by atoms with Gasteiger partial charge >= 0.3 is 0 Å². The van der Waals surface area contributed by atoms with Crippen molar-refractivity contribution in [2.24, 2.45) is 0 Å². The number of hydrogen-bond donors (Lipinski definition) is 3. The normalized spacial score (nSPS) is 10.9. The number of nitrogens with two attached hydrogens (primary N) is 1. The van der Waals surface area contributed by atoms with Crippen LogP contribution in [0.5, 0.6) is 0 Å². The highest BCUT2D eigenvalue weighted by atomic mass is 19.1. The van der Waals surface area contributed by atoms with Gasteiger partial charge in [0, 0.05) is 36.1 Å². The summed E-state index contributed by atoms with van der Waals surface area (Å²) in [6, 6.07) is 20.1. The van der Waals surface area contributed by atoms with E-state index in [0.717, 1.165) is 28.1 Å².